The van der Waals surface area contributed by atoms with Crippen LogP contribution in [0.25, 0.3) is 0 Å². The van der Waals surface area contributed by atoms with Crippen molar-refractivity contribution in [2.75, 3.05) is 18.0 Å². The highest BCUT2D eigenvalue weighted by molar-refractivity contribution is 6.34. The zero-order valence-electron chi connectivity index (χ0n) is 8.86. The Morgan fingerprint density at radius 2 is 2.19 bits per heavy atom. The van der Waals surface area contributed by atoms with Gasteiger partial charge in [-0.3, -0.25) is 0 Å². The summed E-state index contributed by atoms with van der Waals surface area (Å²) in [5.74, 6) is 0.701. The number of hydrogen-bond acceptors (Lipinski definition) is 4. The van der Waals surface area contributed by atoms with Gasteiger partial charge in [0.1, 0.15) is 16.9 Å². The van der Waals surface area contributed by atoms with Crippen LogP contribution in [0.3, 0.4) is 0 Å². The molecule has 16 heavy (non-hydrogen) atoms. The molecular weight excluding hydrogens is 224 g/mol. The number of hydrogen-bond donors (Lipinski definition) is 1. The molecule has 1 aromatic rings. The lowest BCUT2D eigenvalue weighted by atomic mass is 10.1. The van der Waals surface area contributed by atoms with Crippen molar-refractivity contribution >= 4 is 17.4 Å². The first-order chi connectivity index (χ1) is 7.72. The number of halogens is 1. The van der Waals surface area contributed by atoms with Crippen LogP contribution in [0.2, 0.25) is 5.02 Å². The molecule has 0 bridgehead atoms. The molecule has 0 aromatic carbocycles. The Morgan fingerprint density at radius 1 is 1.50 bits per heavy atom. The summed E-state index contributed by atoms with van der Waals surface area (Å²) in [6, 6.07) is 3.96. The molecule has 2 N–H and O–H groups in total. The maximum atomic E-state index is 8.88. The van der Waals surface area contributed by atoms with Gasteiger partial charge in [-0.15, -0.1) is 0 Å². The van der Waals surface area contributed by atoms with Gasteiger partial charge in [0.15, 0.2) is 0 Å². The molecule has 0 spiro atoms. The van der Waals surface area contributed by atoms with E-state index in [2.05, 4.69) is 16.0 Å². The van der Waals surface area contributed by atoms with Gasteiger partial charge >= 0.3 is 0 Å². The molecule has 0 saturated carbocycles. The number of nitrogens with two attached hydrogens (primary N) is 1. The summed E-state index contributed by atoms with van der Waals surface area (Å²) in [4.78, 5) is 6.33. The van der Waals surface area contributed by atoms with E-state index in [-0.39, 0.29) is 6.04 Å². The van der Waals surface area contributed by atoms with Crippen molar-refractivity contribution in [3.63, 3.8) is 0 Å². The average Bonchev–Trinajstić information content (AvgIpc) is 2.31. The van der Waals surface area contributed by atoms with Crippen LogP contribution in [-0.4, -0.2) is 24.1 Å². The Balaban J connectivity index is 2.24. The smallest absolute Gasteiger partial charge is 0.148 e. The van der Waals surface area contributed by atoms with Crippen molar-refractivity contribution in [3.05, 3.63) is 22.8 Å². The first-order valence-electron chi connectivity index (χ1n) is 5.27. The van der Waals surface area contributed by atoms with Gasteiger partial charge < -0.3 is 10.6 Å². The third kappa shape index (κ3) is 2.11. The van der Waals surface area contributed by atoms with Crippen LogP contribution in [0, 0.1) is 11.3 Å². The van der Waals surface area contributed by atoms with Crippen LogP contribution in [0.1, 0.15) is 18.4 Å². The summed E-state index contributed by atoms with van der Waals surface area (Å²) < 4.78 is 0. The summed E-state index contributed by atoms with van der Waals surface area (Å²) in [5.41, 5.74) is 6.31. The largest absolute Gasteiger partial charge is 0.355 e. The Bertz CT molecular complexity index is 418. The highest BCUT2D eigenvalue weighted by atomic mass is 35.5. The van der Waals surface area contributed by atoms with Crippen LogP contribution >= 0.6 is 11.6 Å². The van der Waals surface area contributed by atoms with Gasteiger partial charge in [-0.2, -0.15) is 5.26 Å². The molecule has 0 atom stereocenters. The number of piperidine rings is 1. The highest BCUT2D eigenvalue weighted by Crippen LogP contribution is 2.28. The third-order valence-electron chi connectivity index (χ3n) is 2.83. The number of aromatic nitrogens is 1. The summed E-state index contributed by atoms with van der Waals surface area (Å²) in [6.07, 6.45) is 3.50. The maximum absolute atomic E-state index is 8.88. The van der Waals surface area contributed by atoms with E-state index < -0.39 is 0 Å². The second-order valence-electron chi connectivity index (χ2n) is 3.93. The lowest BCUT2D eigenvalue weighted by Crippen LogP contribution is -2.40. The second kappa shape index (κ2) is 4.69. The number of pyridine rings is 1. The van der Waals surface area contributed by atoms with Crippen molar-refractivity contribution in [1.29, 1.82) is 5.26 Å². The Morgan fingerprint density at radius 3 is 2.81 bits per heavy atom. The monoisotopic (exact) mass is 236 g/mol. The maximum Gasteiger partial charge on any atom is 0.148 e. The fourth-order valence-corrected chi connectivity index (χ4v) is 2.12. The van der Waals surface area contributed by atoms with E-state index in [1.54, 1.807) is 12.3 Å². The van der Waals surface area contributed by atoms with Gasteiger partial charge in [-0.25, -0.2) is 4.98 Å². The summed E-state index contributed by atoms with van der Waals surface area (Å²) in [7, 11) is 0. The first-order valence-corrected chi connectivity index (χ1v) is 5.65. The van der Waals surface area contributed by atoms with Crippen molar-refractivity contribution in [2.45, 2.75) is 18.9 Å². The number of anilines is 1. The molecular formula is C11H13ClN4. The van der Waals surface area contributed by atoms with Crippen molar-refractivity contribution in [3.8, 4) is 6.07 Å². The normalized spacial score (nSPS) is 17.2. The van der Waals surface area contributed by atoms with E-state index in [1.165, 1.54) is 0 Å². The second-order valence-corrected chi connectivity index (χ2v) is 4.31. The molecule has 0 amide bonds. The quantitative estimate of drug-likeness (QED) is 0.803. The fourth-order valence-electron chi connectivity index (χ4n) is 1.85. The van der Waals surface area contributed by atoms with E-state index in [4.69, 9.17) is 22.6 Å². The van der Waals surface area contributed by atoms with Gasteiger partial charge in [-0.1, -0.05) is 11.6 Å². The summed E-state index contributed by atoms with van der Waals surface area (Å²) >= 11 is 6.12. The predicted molar refractivity (Wildman–Crippen MR) is 63.4 cm³/mol. The number of rotatable bonds is 1. The van der Waals surface area contributed by atoms with Gasteiger partial charge in [0.25, 0.3) is 0 Å². The fraction of sp³-hybridized carbons (Fsp3) is 0.455. The third-order valence-corrected chi connectivity index (χ3v) is 3.20. The van der Waals surface area contributed by atoms with E-state index >= 15 is 0 Å². The molecule has 1 fully saturated rings. The molecule has 2 rings (SSSR count). The van der Waals surface area contributed by atoms with E-state index in [0.717, 1.165) is 25.9 Å². The molecule has 1 aliphatic rings. The van der Waals surface area contributed by atoms with E-state index in [1.807, 2.05) is 0 Å². The van der Waals surface area contributed by atoms with Crippen LogP contribution in [-0.2, 0) is 0 Å². The Hall–Kier alpha value is -1.31. The summed E-state index contributed by atoms with van der Waals surface area (Å²) in [5, 5.41) is 9.33. The molecule has 84 valence electrons. The highest BCUT2D eigenvalue weighted by Gasteiger charge is 2.20. The predicted octanol–water partition coefficient (Wildman–Crippen LogP) is 1.53. The molecule has 2 heterocycles. The van der Waals surface area contributed by atoms with Crippen molar-refractivity contribution in [1.82, 2.24) is 4.98 Å². The molecule has 0 aliphatic carbocycles. The van der Waals surface area contributed by atoms with Crippen LogP contribution < -0.4 is 10.6 Å². The molecule has 1 aliphatic heterocycles. The van der Waals surface area contributed by atoms with Crippen LogP contribution in [0.15, 0.2) is 12.3 Å². The van der Waals surface area contributed by atoms with Gasteiger partial charge in [0.2, 0.25) is 0 Å². The van der Waals surface area contributed by atoms with E-state index in [0.29, 0.717) is 16.4 Å². The van der Waals surface area contributed by atoms with Crippen molar-refractivity contribution in [2.24, 2.45) is 5.73 Å². The minimum Gasteiger partial charge on any atom is -0.355 e. The van der Waals surface area contributed by atoms with Gasteiger partial charge in [0, 0.05) is 25.3 Å². The van der Waals surface area contributed by atoms with Crippen LogP contribution in [0.4, 0.5) is 5.82 Å². The Labute approximate surface area is 99.6 Å². The lowest BCUT2D eigenvalue weighted by molar-refractivity contribution is 0.498. The average molecular weight is 237 g/mol. The molecule has 5 heteroatoms. The minimum absolute atomic E-state index is 0.272. The molecule has 1 aromatic heterocycles. The first kappa shape index (κ1) is 11.2. The minimum atomic E-state index is 0.272. The van der Waals surface area contributed by atoms with Crippen molar-refractivity contribution < 1.29 is 0 Å². The van der Waals surface area contributed by atoms with Crippen LogP contribution in [0.5, 0.6) is 0 Å². The molecule has 1 saturated heterocycles. The number of nitrogens with zero attached hydrogens (tertiary/aromatic N) is 3. The number of nitriles is 1. The van der Waals surface area contributed by atoms with Gasteiger partial charge in [-0.05, 0) is 18.9 Å². The molecule has 0 unspecified atom stereocenters. The van der Waals surface area contributed by atoms with E-state index in [9.17, 15) is 0 Å². The topological polar surface area (TPSA) is 65.9 Å². The molecule has 4 nitrogen and oxygen atoms in total. The SMILES string of the molecule is N#Cc1ccnc(N2CCC(N)CC2)c1Cl. The zero-order valence-corrected chi connectivity index (χ0v) is 9.61. The summed E-state index contributed by atoms with van der Waals surface area (Å²) in [6.45, 7) is 1.70. The Kier molecular flexibility index (Phi) is 3.28. The van der Waals surface area contributed by atoms with Gasteiger partial charge in [0.05, 0.1) is 5.56 Å². The lowest BCUT2D eigenvalue weighted by Gasteiger charge is -2.31. The zero-order chi connectivity index (χ0) is 11.5. The standard InChI is InChI=1S/C11H13ClN4/c12-10-8(7-13)1-4-15-11(10)16-5-2-9(14)3-6-16/h1,4,9H,2-3,5-6,14H2. The molecule has 0 radical (unpaired) electrons.